The summed E-state index contributed by atoms with van der Waals surface area (Å²) in [6.45, 7) is 10.6. The zero-order chi connectivity index (χ0) is 22.5. The summed E-state index contributed by atoms with van der Waals surface area (Å²) >= 11 is 0. The minimum Gasteiger partial charge on any atom is -0.327 e. The molecule has 0 aliphatic heterocycles. The van der Waals surface area contributed by atoms with Crippen molar-refractivity contribution in [1.82, 2.24) is 4.90 Å². The van der Waals surface area contributed by atoms with Crippen LogP contribution < -0.4 is 10.6 Å². The monoisotopic (exact) mass is 431 g/mol. The van der Waals surface area contributed by atoms with Crippen molar-refractivity contribution in [3.05, 3.63) is 109 Å². The summed E-state index contributed by atoms with van der Waals surface area (Å²) in [4.78, 5) is 14.4. The van der Waals surface area contributed by atoms with Crippen LogP contribution in [0.2, 0.25) is 0 Å². The number of hydrogen-bond donors (Lipinski definition) is 0. The fourth-order valence-electron chi connectivity index (χ4n) is 3.55. The Labute approximate surface area is 185 Å². The number of amides is 1. The lowest BCUT2D eigenvalue weighted by molar-refractivity contribution is -0.125. The summed E-state index contributed by atoms with van der Waals surface area (Å²) in [7, 11) is -3.06. The van der Waals surface area contributed by atoms with E-state index in [0.29, 0.717) is 6.54 Å². The molecule has 1 amide bonds. The van der Waals surface area contributed by atoms with E-state index in [0.717, 1.165) is 16.2 Å². The summed E-state index contributed by atoms with van der Waals surface area (Å²) in [6.07, 6.45) is 1.41. The third kappa shape index (κ3) is 5.42. The van der Waals surface area contributed by atoms with Crippen molar-refractivity contribution < 1.29 is 9.36 Å². The van der Waals surface area contributed by atoms with Crippen molar-refractivity contribution in [2.45, 2.75) is 32.7 Å². The molecule has 0 fully saturated rings. The zero-order valence-corrected chi connectivity index (χ0v) is 19.4. The molecule has 3 nitrogen and oxygen atoms in total. The van der Waals surface area contributed by atoms with Crippen LogP contribution in [0.25, 0.3) is 0 Å². The topological polar surface area (TPSA) is 37.4 Å². The summed E-state index contributed by atoms with van der Waals surface area (Å²) in [6, 6.07) is 27.1. The van der Waals surface area contributed by atoms with Gasteiger partial charge in [-0.1, -0.05) is 112 Å². The van der Waals surface area contributed by atoms with Crippen molar-refractivity contribution >= 4 is 23.7 Å². The SMILES string of the molecule is C=CC(=O)N(Cc1ccc(C(C)(C)C)cc1)CP(=O)(c1ccccc1)c1ccccc1. The zero-order valence-electron chi connectivity index (χ0n) is 18.5. The molecule has 160 valence electrons. The predicted molar refractivity (Wildman–Crippen MR) is 131 cm³/mol. The molecule has 3 rings (SSSR count). The molecule has 0 heterocycles. The average Bonchev–Trinajstić information content (AvgIpc) is 2.79. The van der Waals surface area contributed by atoms with Crippen LogP contribution in [-0.2, 0) is 21.3 Å². The molecule has 0 atom stereocenters. The van der Waals surface area contributed by atoms with E-state index in [1.165, 1.54) is 11.6 Å². The summed E-state index contributed by atoms with van der Waals surface area (Å²) in [5.74, 6) is -0.230. The van der Waals surface area contributed by atoms with E-state index in [-0.39, 0.29) is 17.6 Å². The third-order valence-electron chi connectivity index (χ3n) is 5.40. The lowest BCUT2D eigenvalue weighted by Crippen LogP contribution is -2.34. The predicted octanol–water partition coefficient (Wildman–Crippen LogP) is 5.47. The Bertz CT molecular complexity index is 1020. The first-order valence-electron chi connectivity index (χ1n) is 10.4. The molecule has 0 spiro atoms. The van der Waals surface area contributed by atoms with E-state index in [9.17, 15) is 9.36 Å². The van der Waals surface area contributed by atoms with E-state index in [2.05, 4.69) is 39.5 Å². The quantitative estimate of drug-likeness (QED) is 0.367. The molecule has 0 saturated heterocycles. The highest BCUT2D eigenvalue weighted by molar-refractivity contribution is 7.78. The van der Waals surface area contributed by atoms with Gasteiger partial charge in [0.05, 0.1) is 6.29 Å². The Morgan fingerprint density at radius 2 is 1.35 bits per heavy atom. The van der Waals surface area contributed by atoms with Crippen molar-refractivity contribution in [2.75, 3.05) is 6.29 Å². The van der Waals surface area contributed by atoms with Gasteiger partial charge in [-0.3, -0.25) is 4.79 Å². The Morgan fingerprint density at radius 1 is 0.871 bits per heavy atom. The van der Waals surface area contributed by atoms with Crippen LogP contribution in [0.1, 0.15) is 31.9 Å². The maximum atomic E-state index is 14.4. The second-order valence-corrected chi connectivity index (χ2v) is 11.5. The summed E-state index contributed by atoms with van der Waals surface area (Å²) in [5, 5.41) is 1.48. The molecular formula is C27H30NO2P. The van der Waals surface area contributed by atoms with Crippen LogP contribution in [0.5, 0.6) is 0 Å². The van der Waals surface area contributed by atoms with Gasteiger partial charge in [0.1, 0.15) is 0 Å². The normalized spacial score (nSPS) is 11.7. The molecule has 0 radical (unpaired) electrons. The van der Waals surface area contributed by atoms with Gasteiger partial charge in [-0.15, -0.1) is 0 Å². The lowest BCUT2D eigenvalue weighted by Gasteiger charge is -2.28. The van der Waals surface area contributed by atoms with Crippen LogP contribution in [0.15, 0.2) is 97.6 Å². The largest absolute Gasteiger partial charge is 0.327 e. The highest BCUT2D eigenvalue weighted by Gasteiger charge is 2.31. The molecule has 31 heavy (non-hydrogen) atoms. The van der Waals surface area contributed by atoms with E-state index < -0.39 is 7.14 Å². The first-order valence-corrected chi connectivity index (χ1v) is 12.3. The van der Waals surface area contributed by atoms with Gasteiger partial charge in [-0.25, -0.2) is 0 Å². The van der Waals surface area contributed by atoms with Crippen LogP contribution in [0, 0.1) is 0 Å². The molecule has 0 aromatic heterocycles. The second kappa shape index (κ2) is 9.49. The molecule has 0 bridgehead atoms. The Balaban J connectivity index is 1.97. The minimum absolute atomic E-state index is 0.0610. The van der Waals surface area contributed by atoms with Crippen molar-refractivity contribution in [3.8, 4) is 0 Å². The summed E-state index contributed by atoms with van der Waals surface area (Å²) in [5.41, 5.74) is 2.29. The molecule has 0 aliphatic carbocycles. The fraction of sp³-hybridized carbons (Fsp3) is 0.222. The van der Waals surface area contributed by atoms with Crippen LogP contribution >= 0.6 is 7.14 Å². The second-order valence-electron chi connectivity index (χ2n) is 8.74. The number of rotatable bonds is 7. The third-order valence-corrected chi connectivity index (χ3v) is 8.40. The smallest absolute Gasteiger partial charge is 0.246 e. The van der Waals surface area contributed by atoms with Crippen molar-refractivity contribution in [3.63, 3.8) is 0 Å². The van der Waals surface area contributed by atoms with Gasteiger partial charge in [0.2, 0.25) is 5.91 Å². The number of hydrogen-bond acceptors (Lipinski definition) is 2. The van der Waals surface area contributed by atoms with Crippen molar-refractivity contribution in [2.24, 2.45) is 0 Å². The van der Waals surface area contributed by atoms with Crippen molar-refractivity contribution in [1.29, 1.82) is 0 Å². The molecule has 4 heteroatoms. The maximum absolute atomic E-state index is 14.4. The number of carbonyl (C=O) groups is 1. The Morgan fingerprint density at radius 3 is 1.77 bits per heavy atom. The molecular weight excluding hydrogens is 401 g/mol. The Kier molecular flexibility index (Phi) is 6.97. The van der Waals surface area contributed by atoms with Gasteiger partial charge in [0, 0.05) is 17.2 Å². The highest BCUT2D eigenvalue weighted by atomic mass is 31.2. The molecule has 3 aromatic rings. The van der Waals surface area contributed by atoms with Gasteiger partial charge in [-0.05, 0) is 22.6 Å². The number of benzene rings is 3. The number of nitrogens with zero attached hydrogens (tertiary/aromatic N) is 1. The summed E-state index contributed by atoms with van der Waals surface area (Å²) < 4.78 is 14.4. The van der Waals surface area contributed by atoms with Gasteiger partial charge < -0.3 is 9.46 Å². The molecule has 0 saturated carbocycles. The standard InChI is InChI=1S/C27H30NO2P/c1-5-26(29)28(20-22-16-18-23(19-17-22)27(2,3)4)21-31(30,24-12-8-6-9-13-24)25-14-10-7-11-15-25/h5-19H,1,20-21H2,2-4H3. The highest BCUT2D eigenvalue weighted by Crippen LogP contribution is 2.44. The molecule has 3 aromatic carbocycles. The molecule has 0 unspecified atom stereocenters. The van der Waals surface area contributed by atoms with Gasteiger partial charge >= 0.3 is 0 Å². The van der Waals surface area contributed by atoms with E-state index >= 15 is 0 Å². The molecule has 0 N–H and O–H groups in total. The maximum Gasteiger partial charge on any atom is 0.246 e. The van der Waals surface area contributed by atoms with E-state index in [1.54, 1.807) is 4.90 Å². The van der Waals surface area contributed by atoms with Gasteiger partial charge in [0.15, 0.2) is 7.14 Å². The fourth-order valence-corrected chi connectivity index (χ4v) is 6.20. The van der Waals surface area contributed by atoms with Crippen LogP contribution in [0.4, 0.5) is 0 Å². The minimum atomic E-state index is -3.06. The van der Waals surface area contributed by atoms with Gasteiger partial charge in [-0.2, -0.15) is 0 Å². The first kappa shape index (κ1) is 22.8. The van der Waals surface area contributed by atoms with Crippen LogP contribution in [0.3, 0.4) is 0 Å². The van der Waals surface area contributed by atoms with Gasteiger partial charge in [0.25, 0.3) is 0 Å². The molecule has 0 aliphatic rings. The van der Waals surface area contributed by atoms with E-state index in [4.69, 9.17) is 0 Å². The van der Waals surface area contributed by atoms with Crippen LogP contribution in [-0.4, -0.2) is 17.1 Å². The first-order chi connectivity index (χ1) is 14.7. The average molecular weight is 432 g/mol. The van der Waals surface area contributed by atoms with E-state index in [1.807, 2.05) is 72.8 Å². The lowest BCUT2D eigenvalue weighted by atomic mass is 9.87. The Hall–Kier alpha value is -2.90. The number of carbonyl (C=O) groups excluding carboxylic acids is 1.